The smallest absolute Gasteiger partial charge is 0.342 e. The lowest BCUT2D eigenvalue weighted by molar-refractivity contribution is 0.452. The first-order valence-corrected chi connectivity index (χ1v) is 8.38. The van der Waals surface area contributed by atoms with Gasteiger partial charge in [0.2, 0.25) is 11.8 Å². The predicted octanol–water partition coefficient (Wildman–Crippen LogP) is 3.80. The zero-order valence-electron chi connectivity index (χ0n) is 13.2. The number of rotatable bonds is 3. The van der Waals surface area contributed by atoms with Gasteiger partial charge in [0.15, 0.2) is 0 Å². The van der Waals surface area contributed by atoms with Crippen molar-refractivity contribution in [3.63, 3.8) is 0 Å². The van der Waals surface area contributed by atoms with Crippen molar-refractivity contribution in [2.75, 3.05) is 0 Å². The molecule has 0 spiro atoms. The standard InChI is InChI=1S/C18H11BrN4O3/c19-11-5-3-4-10(8-11)17-22-23-18(26-17)20-9-14-12-6-1-2-7-13(12)15(24)21-16(14)25/h1-9H,(H2,21,24,25). The molecule has 0 aliphatic heterocycles. The number of hydrogen-bond acceptors (Lipinski definition) is 6. The van der Waals surface area contributed by atoms with Gasteiger partial charge in [-0.15, -0.1) is 5.10 Å². The maximum Gasteiger partial charge on any atom is 0.342 e. The molecule has 0 saturated carbocycles. The first-order chi connectivity index (χ1) is 12.6. The molecule has 2 aromatic heterocycles. The molecule has 0 fully saturated rings. The molecular formula is C18H11BrN4O3. The average Bonchev–Trinajstić information content (AvgIpc) is 3.11. The molecule has 2 heterocycles. The fourth-order valence-corrected chi connectivity index (χ4v) is 2.94. The number of benzene rings is 2. The van der Waals surface area contributed by atoms with E-state index in [2.05, 4.69) is 36.1 Å². The van der Waals surface area contributed by atoms with E-state index in [0.717, 1.165) is 10.0 Å². The van der Waals surface area contributed by atoms with Gasteiger partial charge in [-0.05, 0) is 24.3 Å². The number of aromatic amines is 1. The topological polar surface area (TPSA) is 104 Å². The molecule has 0 radical (unpaired) electrons. The van der Waals surface area contributed by atoms with Crippen LogP contribution < -0.4 is 5.56 Å². The minimum atomic E-state index is -0.370. The largest absolute Gasteiger partial charge is 0.494 e. The molecule has 0 amide bonds. The fraction of sp³-hybridized carbons (Fsp3) is 0. The number of H-pyrrole nitrogens is 1. The Balaban J connectivity index is 1.72. The van der Waals surface area contributed by atoms with Crippen LogP contribution in [0.3, 0.4) is 0 Å². The molecule has 7 nitrogen and oxygen atoms in total. The first-order valence-electron chi connectivity index (χ1n) is 7.59. The van der Waals surface area contributed by atoms with Gasteiger partial charge in [-0.25, -0.2) is 4.99 Å². The summed E-state index contributed by atoms with van der Waals surface area (Å²) >= 11 is 3.39. The third-order valence-electron chi connectivity index (χ3n) is 3.74. The van der Waals surface area contributed by atoms with E-state index in [0.29, 0.717) is 22.2 Å². The summed E-state index contributed by atoms with van der Waals surface area (Å²) in [6.07, 6.45) is 1.38. The second-order valence-electron chi connectivity index (χ2n) is 5.42. The Bertz CT molecular complexity index is 1200. The van der Waals surface area contributed by atoms with Crippen molar-refractivity contribution in [1.82, 2.24) is 15.2 Å². The zero-order valence-corrected chi connectivity index (χ0v) is 14.8. The van der Waals surface area contributed by atoms with Crippen LogP contribution >= 0.6 is 15.9 Å². The van der Waals surface area contributed by atoms with Crippen LogP contribution in [-0.4, -0.2) is 26.5 Å². The van der Waals surface area contributed by atoms with E-state index in [1.54, 1.807) is 24.3 Å². The highest BCUT2D eigenvalue weighted by atomic mass is 79.9. The van der Waals surface area contributed by atoms with Crippen LogP contribution in [0.2, 0.25) is 0 Å². The van der Waals surface area contributed by atoms with Gasteiger partial charge in [-0.2, -0.15) is 0 Å². The van der Waals surface area contributed by atoms with E-state index in [1.807, 2.05) is 24.3 Å². The third-order valence-corrected chi connectivity index (χ3v) is 4.23. The monoisotopic (exact) mass is 410 g/mol. The number of aromatic nitrogens is 3. The minimum absolute atomic E-state index is 0.0367. The van der Waals surface area contributed by atoms with Gasteiger partial charge in [-0.3, -0.25) is 9.78 Å². The molecule has 4 aromatic rings. The summed E-state index contributed by atoms with van der Waals surface area (Å²) in [5.74, 6) is 0.0539. The van der Waals surface area contributed by atoms with E-state index in [-0.39, 0.29) is 17.5 Å². The van der Waals surface area contributed by atoms with E-state index in [1.165, 1.54) is 6.21 Å². The van der Waals surface area contributed by atoms with Gasteiger partial charge in [0.25, 0.3) is 5.56 Å². The highest BCUT2D eigenvalue weighted by Gasteiger charge is 2.11. The van der Waals surface area contributed by atoms with Crippen molar-refractivity contribution in [3.05, 3.63) is 68.9 Å². The summed E-state index contributed by atoms with van der Waals surface area (Å²) in [4.78, 5) is 18.4. The van der Waals surface area contributed by atoms with Gasteiger partial charge in [-0.1, -0.05) is 45.3 Å². The number of nitrogens with zero attached hydrogens (tertiary/aromatic N) is 3. The Morgan fingerprint density at radius 3 is 2.73 bits per heavy atom. The lowest BCUT2D eigenvalue weighted by Crippen LogP contribution is -2.07. The predicted molar refractivity (Wildman–Crippen MR) is 101 cm³/mol. The van der Waals surface area contributed by atoms with Crippen molar-refractivity contribution < 1.29 is 9.52 Å². The highest BCUT2D eigenvalue weighted by molar-refractivity contribution is 9.10. The van der Waals surface area contributed by atoms with Crippen molar-refractivity contribution in [1.29, 1.82) is 0 Å². The molecule has 0 unspecified atom stereocenters. The number of halogens is 1. The molecule has 0 saturated heterocycles. The number of hydrogen-bond donors (Lipinski definition) is 2. The van der Waals surface area contributed by atoms with E-state index in [4.69, 9.17) is 4.42 Å². The summed E-state index contributed by atoms with van der Waals surface area (Å²) in [5, 5.41) is 18.9. The summed E-state index contributed by atoms with van der Waals surface area (Å²) in [7, 11) is 0. The maximum atomic E-state index is 11.9. The van der Waals surface area contributed by atoms with Gasteiger partial charge in [0.05, 0.1) is 5.56 Å². The molecule has 2 N–H and O–H groups in total. The number of nitrogens with one attached hydrogen (secondary N) is 1. The number of aromatic hydroxyl groups is 1. The van der Waals surface area contributed by atoms with Crippen LogP contribution in [0.4, 0.5) is 6.01 Å². The van der Waals surface area contributed by atoms with Crippen LogP contribution in [-0.2, 0) is 0 Å². The lowest BCUT2D eigenvalue weighted by Gasteiger charge is -2.03. The average molecular weight is 411 g/mol. The van der Waals surface area contributed by atoms with Crippen LogP contribution in [0.5, 0.6) is 5.88 Å². The van der Waals surface area contributed by atoms with Gasteiger partial charge in [0.1, 0.15) is 0 Å². The zero-order chi connectivity index (χ0) is 18.1. The normalized spacial score (nSPS) is 11.4. The van der Waals surface area contributed by atoms with E-state index in [9.17, 15) is 9.90 Å². The summed E-state index contributed by atoms with van der Waals surface area (Å²) in [6.45, 7) is 0. The van der Waals surface area contributed by atoms with Crippen LogP contribution in [0.15, 0.2) is 67.2 Å². The van der Waals surface area contributed by atoms with Crippen molar-refractivity contribution in [2.24, 2.45) is 4.99 Å². The van der Waals surface area contributed by atoms with Crippen molar-refractivity contribution in [3.8, 4) is 17.3 Å². The SMILES string of the molecule is O=c1[nH]c(O)c(C=Nc2nnc(-c3cccc(Br)c3)o2)c2ccccc12. The second kappa shape index (κ2) is 6.57. The molecule has 8 heteroatoms. The Morgan fingerprint density at radius 2 is 1.92 bits per heavy atom. The van der Waals surface area contributed by atoms with E-state index >= 15 is 0 Å². The molecule has 0 aliphatic carbocycles. The molecule has 128 valence electrons. The van der Waals surface area contributed by atoms with Gasteiger partial charge < -0.3 is 9.52 Å². The molecular weight excluding hydrogens is 400 g/mol. The minimum Gasteiger partial charge on any atom is -0.494 e. The van der Waals surface area contributed by atoms with Gasteiger partial charge >= 0.3 is 6.01 Å². The molecule has 0 atom stereocenters. The molecule has 0 aliphatic rings. The van der Waals surface area contributed by atoms with Gasteiger partial charge in [0, 0.05) is 27.0 Å². The fourth-order valence-electron chi connectivity index (χ4n) is 2.54. The van der Waals surface area contributed by atoms with Crippen LogP contribution in [0.25, 0.3) is 22.2 Å². The van der Waals surface area contributed by atoms with Crippen molar-refractivity contribution in [2.45, 2.75) is 0 Å². The Morgan fingerprint density at radius 1 is 1.12 bits per heavy atom. The number of fused-ring (bicyclic) bond motifs is 1. The second-order valence-corrected chi connectivity index (χ2v) is 6.34. The lowest BCUT2D eigenvalue weighted by atomic mass is 10.1. The Kier molecular flexibility index (Phi) is 4.10. The Hall–Kier alpha value is -3.26. The van der Waals surface area contributed by atoms with Crippen LogP contribution in [0, 0.1) is 0 Å². The van der Waals surface area contributed by atoms with E-state index < -0.39 is 0 Å². The third kappa shape index (κ3) is 3.02. The van der Waals surface area contributed by atoms with Crippen LogP contribution in [0.1, 0.15) is 5.56 Å². The summed E-state index contributed by atoms with van der Waals surface area (Å²) in [6, 6.07) is 14.4. The molecule has 0 bridgehead atoms. The molecule has 26 heavy (non-hydrogen) atoms. The Labute approximate surface area is 155 Å². The number of pyridine rings is 1. The maximum absolute atomic E-state index is 11.9. The van der Waals surface area contributed by atoms with Crippen molar-refractivity contribution >= 4 is 38.9 Å². The summed E-state index contributed by atoms with van der Waals surface area (Å²) in [5.41, 5.74) is 0.748. The number of aliphatic imine (C=N–C) groups is 1. The molecule has 4 rings (SSSR count). The first kappa shape index (κ1) is 16.2. The summed E-state index contributed by atoms with van der Waals surface area (Å²) < 4.78 is 6.42. The quantitative estimate of drug-likeness (QED) is 0.499. The highest BCUT2D eigenvalue weighted by Crippen LogP contribution is 2.25. The molecule has 2 aromatic carbocycles.